The number of hydrogen-bond donors (Lipinski definition) is 2. The average Bonchev–Trinajstić information content (AvgIpc) is 2.73. The van der Waals surface area contributed by atoms with Crippen LogP contribution in [0.15, 0.2) is 24.3 Å². The lowest BCUT2D eigenvalue weighted by Gasteiger charge is -2.16. The molecular formula is C14H21NO2. The average molecular weight is 235 g/mol. The predicted molar refractivity (Wildman–Crippen MR) is 67.6 cm³/mol. The molecule has 2 N–H and O–H groups in total. The second kappa shape index (κ2) is 6.15. The van der Waals surface area contributed by atoms with Gasteiger partial charge in [0.1, 0.15) is 0 Å². The standard InChI is InChI=1S/C14H21NO2/c1-17-10-12-5-2-4-11(8-12)9-15-13-6-3-7-14(13)16/h2,4-5,8,13-16H,3,6-7,9-10H2,1H3. The van der Waals surface area contributed by atoms with E-state index in [0.717, 1.165) is 25.8 Å². The number of benzene rings is 1. The summed E-state index contributed by atoms with van der Waals surface area (Å²) >= 11 is 0. The second-order valence-corrected chi connectivity index (χ2v) is 4.74. The van der Waals surface area contributed by atoms with Crippen LogP contribution in [-0.4, -0.2) is 24.4 Å². The SMILES string of the molecule is COCc1cccc(CNC2CCCC2O)c1. The molecule has 0 radical (unpaired) electrons. The summed E-state index contributed by atoms with van der Waals surface area (Å²) in [6.45, 7) is 1.47. The second-order valence-electron chi connectivity index (χ2n) is 4.74. The van der Waals surface area contributed by atoms with Gasteiger partial charge in [0.15, 0.2) is 0 Å². The molecular weight excluding hydrogens is 214 g/mol. The van der Waals surface area contributed by atoms with Crippen molar-refractivity contribution in [1.82, 2.24) is 5.32 Å². The lowest BCUT2D eigenvalue weighted by molar-refractivity contribution is 0.148. The molecule has 17 heavy (non-hydrogen) atoms. The molecule has 1 fully saturated rings. The molecule has 0 bridgehead atoms. The van der Waals surface area contributed by atoms with Gasteiger partial charge in [-0.05, 0) is 30.4 Å². The normalized spacial score (nSPS) is 24.1. The number of aliphatic hydroxyl groups is 1. The summed E-state index contributed by atoms with van der Waals surface area (Å²) < 4.78 is 5.12. The number of aliphatic hydroxyl groups excluding tert-OH is 1. The van der Waals surface area contributed by atoms with Gasteiger partial charge in [-0.25, -0.2) is 0 Å². The van der Waals surface area contributed by atoms with Crippen LogP contribution in [0.25, 0.3) is 0 Å². The van der Waals surface area contributed by atoms with E-state index in [0.29, 0.717) is 6.61 Å². The summed E-state index contributed by atoms with van der Waals surface area (Å²) in [5.41, 5.74) is 2.44. The molecule has 1 saturated carbocycles. The van der Waals surface area contributed by atoms with Crippen molar-refractivity contribution in [3.8, 4) is 0 Å². The molecule has 0 spiro atoms. The molecule has 1 aromatic carbocycles. The number of methoxy groups -OCH3 is 1. The summed E-state index contributed by atoms with van der Waals surface area (Å²) in [7, 11) is 1.71. The molecule has 3 heteroatoms. The van der Waals surface area contributed by atoms with E-state index in [1.807, 2.05) is 0 Å². The first-order valence-corrected chi connectivity index (χ1v) is 6.28. The molecule has 1 aliphatic rings. The third-order valence-electron chi connectivity index (χ3n) is 3.35. The molecule has 3 nitrogen and oxygen atoms in total. The fourth-order valence-electron chi connectivity index (χ4n) is 2.42. The zero-order chi connectivity index (χ0) is 12.1. The van der Waals surface area contributed by atoms with E-state index >= 15 is 0 Å². The minimum atomic E-state index is -0.169. The van der Waals surface area contributed by atoms with E-state index in [4.69, 9.17) is 4.74 Å². The van der Waals surface area contributed by atoms with Gasteiger partial charge >= 0.3 is 0 Å². The number of hydrogen-bond acceptors (Lipinski definition) is 3. The van der Waals surface area contributed by atoms with Crippen molar-refractivity contribution in [2.24, 2.45) is 0 Å². The van der Waals surface area contributed by atoms with Crippen molar-refractivity contribution < 1.29 is 9.84 Å². The van der Waals surface area contributed by atoms with E-state index in [-0.39, 0.29) is 12.1 Å². The van der Waals surface area contributed by atoms with E-state index in [1.54, 1.807) is 7.11 Å². The van der Waals surface area contributed by atoms with Gasteiger partial charge in [-0.15, -0.1) is 0 Å². The molecule has 1 aromatic rings. The molecule has 2 unspecified atom stereocenters. The van der Waals surface area contributed by atoms with Gasteiger partial charge in [0.2, 0.25) is 0 Å². The zero-order valence-electron chi connectivity index (χ0n) is 10.4. The Labute approximate surface area is 103 Å². The quantitative estimate of drug-likeness (QED) is 0.818. The number of nitrogens with one attached hydrogen (secondary N) is 1. The Balaban J connectivity index is 1.87. The van der Waals surface area contributed by atoms with E-state index in [2.05, 4.69) is 29.6 Å². The van der Waals surface area contributed by atoms with Crippen molar-refractivity contribution in [2.75, 3.05) is 7.11 Å². The maximum atomic E-state index is 9.72. The first-order valence-electron chi connectivity index (χ1n) is 6.28. The van der Waals surface area contributed by atoms with Crippen LogP contribution in [0.2, 0.25) is 0 Å². The van der Waals surface area contributed by atoms with Crippen LogP contribution in [0.1, 0.15) is 30.4 Å². The molecule has 94 valence electrons. The summed E-state index contributed by atoms with van der Waals surface area (Å²) in [5, 5.41) is 13.1. The topological polar surface area (TPSA) is 41.5 Å². The summed E-state index contributed by atoms with van der Waals surface area (Å²) in [4.78, 5) is 0. The molecule has 2 atom stereocenters. The van der Waals surface area contributed by atoms with Crippen LogP contribution in [0, 0.1) is 0 Å². The van der Waals surface area contributed by atoms with E-state index < -0.39 is 0 Å². The lowest BCUT2D eigenvalue weighted by atomic mass is 10.1. The van der Waals surface area contributed by atoms with Crippen molar-refractivity contribution in [3.63, 3.8) is 0 Å². The van der Waals surface area contributed by atoms with Gasteiger partial charge in [-0.1, -0.05) is 24.3 Å². The monoisotopic (exact) mass is 235 g/mol. The lowest BCUT2D eigenvalue weighted by Crippen LogP contribution is -2.35. The highest BCUT2D eigenvalue weighted by atomic mass is 16.5. The van der Waals surface area contributed by atoms with E-state index in [9.17, 15) is 5.11 Å². The Hall–Kier alpha value is -0.900. The molecule has 0 amide bonds. The summed E-state index contributed by atoms with van der Waals surface area (Å²) in [6.07, 6.45) is 2.97. The molecule has 0 aromatic heterocycles. The van der Waals surface area contributed by atoms with Crippen molar-refractivity contribution in [2.45, 2.75) is 44.6 Å². The van der Waals surface area contributed by atoms with Gasteiger partial charge in [-0.3, -0.25) is 0 Å². The van der Waals surface area contributed by atoms with Gasteiger partial charge in [-0.2, -0.15) is 0 Å². The first-order chi connectivity index (χ1) is 8.29. The minimum Gasteiger partial charge on any atom is -0.392 e. The smallest absolute Gasteiger partial charge is 0.0713 e. The molecule has 0 aliphatic heterocycles. The van der Waals surface area contributed by atoms with E-state index in [1.165, 1.54) is 11.1 Å². The number of rotatable bonds is 5. The van der Waals surface area contributed by atoms with Gasteiger partial charge in [0.25, 0.3) is 0 Å². The summed E-state index contributed by atoms with van der Waals surface area (Å²) in [6, 6.07) is 8.64. The van der Waals surface area contributed by atoms with Crippen LogP contribution < -0.4 is 5.32 Å². The Morgan fingerprint density at radius 3 is 2.88 bits per heavy atom. The van der Waals surface area contributed by atoms with Crippen LogP contribution in [0.3, 0.4) is 0 Å². The predicted octanol–water partition coefficient (Wildman–Crippen LogP) is 1.84. The minimum absolute atomic E-state index is 0.169. The highest BCUT2D eigenvalue weighted by Crippen LogP contribution is 2.19. The molecule has 1 aliphatic carbocycles. The molecule has 0 saturated heterocycles. The summed E-state index contributed by atoms with van der Waals surface area (Å²) in [5.74, 6) is 0. The zero-order valence-corrected chi connectivity index (χ0v) is 10.4. The maximum absolute atomic E-state index is 9.72. The fourth-order valence-corrected chi connectivity index (χ4v) is 2.42. The first kappa shape index (κ1) is 12.6. The van der Waals surface area contributed by atoms with Gasteiger partial charge in [0.05, 0.1) is 12.7 Å². The third kappa shape index (κ3) is 3.53. The van der Waals surface area contributed by atoms with Crippen molar-refractivity contribution in [3.05, 3.63) is 35.4 Å². The van der Waals surface area contributed by atoms with Crippen molar-refractivity contribution in [1.29, 1.82) is 0 Å². The highest BCUT2D eigenvalue weighted by molar-refractivity contribution is 5.23. The highest BCUT2D eigenvalue weighted by Gasteiger charge is 2.24. The van der Waals surface area contributed by atoms with Crippen molar-refractivity contribution >= 4 is 0 Å². The maximum Gasteiger partial charge on any atom is 0.0713 e. The molecule has 2 rings (SSSR count). The van der Waals surface area contributed by atoms with Crippen LogP contribution in [0.5, 0.6) is 0 Å². The van der Waals surface area contributed by atoms with Crippen LogP contribution in [-0.2, 0) is 17.9 Å². The Morgan fingerprint density at radius 2 is 2.18 bits per heavy atom. The Kier molecular flexibility index (Phi) is 4.54. The fraction of sp³-hybridized carbons (Fsp3) is 0.571. The van der Waals surface area contributed by atoms with Crippen LogP contribution in [0.4, 0.5) is 0 Å². The Bertz CT molecular complexity index is 354. The Morgan fingerprint density at radius 1 is 1.35 bits per heavy atom. The number of ether oxygens (including phenoxy) is 1. The third-order valence-corrected chi connectivity index (χ3v) is 3.35. The largest absolute Gasteiger partial charge is 0.392 e. The van der Waals surface area contributed by atoms with Crippen LogP contribution >= 0.6 is 0 Å². The van der Waals surface area contributed by atoms with Gasteiger partial charge in [0, 0.05) is 19.7 Å². The molecule has 0 heterocycles. The van der Waals surface area contributed by atoms with Gasteiger partial charge < -0.3 is 15.2 Å².